The second-order valence-electron chi connectivity index (χ2n) is 3.93. The van der Waals surface area contributed by atoms with E-state index in [-0.39, 0.29) is 12.2 Å². The molecule has 4 heteroatoms. The van der Waals surface area contributed by atoms with Crippen molar-refractivity contribution in [1.82, 2.24) is 0 Å². The van der Waals surface area contributed by atoms with E-state index in [1.54, 1.807) is 11.3 Å². The van der Waals surface area contributed by atoms with E-state index in [0.29, 0.717) is 0 Å². The third-order valence-corrected chi connectivity index (χ3v) is 3.98. The highest BCUT2D eigenvalue weighted by Crippen LogP contribution is 2.30. The molecule has 0 aliphatic heterocycles. The molecule has 0 spiro atoms. The van der Waals surface area contributed by atoms with Crippen molar-refractivity contribution >= 4 is 23.1 Å². The summed E-state index contributed by atoms with van der Waals surface area (Å²) in [4.78, 5) is 24.2. The fourth-order valence-corrected chi connectivity index (χ4v) is 3.18. The summed E-state index contributed by atoms with van der Waals surface area (Å²) in [5.74, 6) is -0.563. The number of carbonyl (C=O) groups is 2. The molecule has 0 N–H and O–H groups in total. The zero-order valence-electron chi connectivity index (χ0n) is 9.25. The predicted molar refractivity (Wildman–Crippen MR) is 61.9 cm³/mol. The summed E-state index contributed by atoms with van der Waals surface area (Å²) < 4.78 is 4.51. The highest BCUT2D eigenvalue weighted by molar-refractivity contribution is 7.10. The lowest BCUT2D eigenvalue weighted by Crippen LogP contribution is -2.11. The number of carbonyl (C=O) groups excluding carboxylic acids is 2. The summed E-state index contributed by atoms with van der Waals surface area (Å²) in [6, 6.07) is 0. The number of hydrogen-bond acceptors (Lipinski definition) is 4. The Hall–Kier alpha value is -1.16. The average molecular weight is 238 g/mol. The Morgan fingerprint density at radius 3 is 2.88 bits per heavy atom. The van der Waals surface area contributed by atoms with Crippen LogP contribution in [0, 0.1) is 0 Å². The number of hydrogen-bond donors (Lipinski definition) is 0. The molecule has 0 saturated heterocycles. The first-order valence-electron chi connectivity index (χ1n) is 5.41. The molecule has 0 unspecified atom stereocenters. The van der Waals surface area contributed by atoms with Crippen LogP contribution >= 0.6 is 11.3 Å². The van der Waals surface area contributed by atoms with Gasteiger partial charge in [-0.05, 0) is 31.2 Å². The third kappa shape index (κ3) is 2.16. The van der Waals surface area contributed by atoms with Gasteiger partial charge in [-0.1, -0.05) is 0 Å². The lowest BCUT2D eigenvalue weighted by Gasteiger charge is -2.11. The zero-order valence-corrected chi connectivity index (χ0v) is 10.1. The smallest absolute Gasteiger partial charge is 0.313 e. The highest BCUT2D eigenvalue weighted by atomic mass is 32.1. The average Bonchev–Trinajstić information content (AvgIpc) is 2.72. The van der Waals surface area contributed by atoms with Crippen molar-refractivity contribution < 1.29 is 14.3 Å². The van der Waals surface area contributed by atoms with Crippen LogP contribution in [-0.4, -0.2) is 18.9 Å². The largest absolute Gasteiger partial charge is 0.469 e. The van der Waals surface area contributed by atoms with Gasteiger partial charge in [-0.15, -0.1) is 11.3 Å². The molecule has 0 radical (unpaired) electrons. The molecule has 2 rings (SSSR count). The van der Waals surface area contributed by atoms with E-state index in [1.807, 2.05) is 5.38 Å². The number of ketones is 1. The van der Waals surface area contributed by atoms with Gasteiger partial charge in [-0.2, -0.15) is 0 Å². The normalized spacial score (nSPS) is 14.3. The molecule has 1 aliphatic carbocycles. The van der Waals surface area contributed by atoms with Crippen LogP contribution in [0.3, 0.4) is 0 Å². The molecule has 0 amide bonds. The monoisotopic (exact) mass is 238 g/mol. The summed E-state index contributed by atoms with van der Waals surface area (Å²) in [5, 5.41) is 1.89. The third-order valence-electron chi connectivity index (χ3n) is 2.89. The van der Waals surface area contributed by atoms with E-state index >= 15 is 0 Å². The minimum Gasteiger partial charge on any atom is -0.469 e. The quantitative estimate of drug-likeness (QED) is 0.461. The van der Waals surface area contributed by atoms with Crippen LogP contribution in [0.2, 0.25) is 0 Å². The molecular weight excluding hydrogens is 224 g/mol. The number of esters is 1. The van der Waals surface area contributed by atoms with Crippen molar-refractivity contribution in [3.8, 4) is 0 Å². The predicted octanol–water partition coefficient (Wildman–Crippen LogP) is 2.37. The fraction of sp³-hybridized carbons (Fsp3) is 0.500. The maximum Gasteiger partial charge on any atom is 0.313 e. The summed E-state index contributed by atoms with van der Waals surface area (Å²) in [7, 11) is 1.30. The number of Topliss-reactive ketones (excluding diaryl/α,β-unsaturated/α-hetero) is 1. The first-order valence-corrected chi connectivity index (χ1v) is 6.29. The maximum absolute atomic E-state index is 11.9. The van der Waals surface area contributed by atoms with Gasteiger partial charge in [-0.3, -0.25) is 9.59 Å². The number of rotatable bonds is 3. The highest BCUT2D eigenvalue weighted by Gasteiger charge is 2.21. The number of ether oxygens (including phenoxy) is 1. The molecule has 0 fully saturated rings. The summed E-state index contributed by atoms with van der Waals surface area (Å²) in [5.41, 5.74) is 1.91. The second-order valence-corrected chi connectivity index (χ2v) is 4.90. The lowest BCUT2D eigenvalue weighted by molar-refractivity contribution is -0.139. The fourth-order valence-electron chi connectivity index (χ4n) is 2.03. The summed E-state index contributed by atoms with van der Waals surface area (Å²) >= 11 is 1.64. The van der Waals surface area contributed by atoms with Gasteiger partial charge in [0.1, 0.15) is 6.42 Å². The molecule has 0 aromatic carbocycles. The number of aryl methyl sites for hydroxylation is 1. The molecule has 1 heterocycles. The van der Waals surface area contributed by atoms with Crippen molar-refractivity contribution in [3.63, 3.8) is 0 Å². The van der Waals surface area contributed by atoms with Crippen LogP contribution in [0.15, 0.2) is 5.38 Å². The summed E-state index contributed by atoms with van der Waals surface area (Å²) in [6.07, 6.45) is 4.26. The van der Waals surface area contributed by atoms with Gasteiger partial charge in [0.15, 0.2) is 5.78 Å². The van der Waals surface area contributed by atoms with E-state index < -0.39 is 5.97 Å². The van der Waals surface area contributed by atoms with E-state index in [4.69, 9.17) is 0 Å². The first kappa shape index (κ1) is 11.3. The van der Waals surface area contributed by atoms with Crippen molar-refractivity contribution in [2.75, 3.05) is 7.11 Å². The van der Waals surface area contributed by atoms with E-state index in [9.17, 15) is 9.59 Å². The van der Waals surface area contributed by atoms with E-state index in [1.165, 1.54) is 24.0 Å². The summed E-state index contributed by atoms with van der Waals surface area (Å²) in [6.45, 7) is 0. The van der Waals surface area contributed by atoms with Crippen molar-refractivity contribution in [2.24, 2.45) is 0 Å². The second kappa shape index (κ2) is 4.78. The Kier molecular flexibility index (Phi) is 3.39. The SMILES string of the molecule is COC(=O)CC(=O)c1csc2c1CCCC2. The van der Waals surface area contributed by atoms with Crippen molar-refractivity contribution in [1.29, 1.82) is 0 Å². The van der Waals surface area contributed by atoms with Crippen LogP contribution in [0.4, 0.5) is 0 Å². The number of methoxy groups -OCH3 is 1. The van der Waals surface area contributed by atoms with Gasteiger partial charge < -0.3 is 4.74 Å². The van der Waals surface area contributed by atoms with Gasteiger partial charge in [-0.25, -0.2) is 0 Å². The Morgan fingerprint density at radius 2 is 2.12 bits per heavy atom. The maximum atomic E-state index is 11.9. The van der Waals surface area contributed by atoms with Gasteiger partial charge >= 0.3 is 5.97 Å². The molecule has 1 aliphatic rings. The van der Waals surface area contributed by atoms with Crippen molar-refractivity contribution in [3.05, 3.63) is 21.4 Å². The Morgan fingerprint density at radius 1 is 1.38 bits per heavy atom. The lowest BCUT2D eigenvalue weighted by atomic mass is 9.94. The van der Waals surface area contributed by atoms with Crippen LogP contribution in [0.5, 0.6) is 0 Å². The molecule has 86 valence electrons. The van der Waals surface area contributed by atoms with Gasteiger partial charge in [0.2, 0.25) is 0 Å². The van der Waals surface area contributed by atoms with E-state index in [2.05, 4.69) is 4.74 Å². The Bertz CT molecular complexity index is 420. The molecule has 0 saturated carbocycles. The van der Waals surface area contributed by atoms with Gasteiger partial charge in [0.25, 0.3) is 0 Å². The molecule has 0 bridgehead atoms. The molecule has 3 nitrogen and oxygen atoms in total. The molecule has 1 aromatic rings. The number of fused-ring (bicyclic) bond motifs is 1. The van der Waals surface area contributed by atoms with Gasteiger partial charge in [0.05, 0.1) is 7.11 Å². The minimum atomic E-state index is -0.458. The van der Waals surface area contributed by atoms with Crippen LogP contribution in [0.25, 0.3) is 0 Å². The zero-order chi connectivity index (χ0) is 11.5. The van der Waals surface area contributed by atoms with Gasteiger partial charge in [0, 0.05) is 15.8 Å². The van der Waals surface area contributed by atoms with Crippen molar-refractivity contribution in [2.45, 2.75) is 32.1 Å². The standard InChI is InChI=1S/C12H14O3S/c1-15-12(14)6-10(13)9-7-16-11-5-3-2-4-8(9)11/h7H,2-6H2,1H3. The molecular formula is C12H14O3S. The van der Waals surface area contributed by atoms with E-state index in [0.717, 1.165) is 24.8 Å². The number of thiophene rings is 1. The van der Waals surface area contributed by atoms with Crippen LogP contribution in [-0.2, 0) is 22.4 Å². The topological polar surface area (TPSA) is 43.4 Å². The Labute approximate surface area is 98.4 Å². The van der Waals surface area contributed by atoms with Crippen LogP contribution < -0.4 is 0 Å². The first-order chi connectivity index (χ1) is 7.72. The molecule has 0 atom stereocenters. The molecule has 16 heavy (non-hydrogen) atoms. The Balaban J connectivity index is 2.17. The molecule has 1 aromatic heterocycles. The van der Waals surface area contributed by atoms with Crippen LogP contribution in [0.1, 0.15) is 40.1 Å². The minimum absolute atomic E-state index is 0.105.